The molecule has 0 amide bonds. The van der Waals surface area contributed by atoms with Gasteiger partial charge in [-0.05, 0) is 55.3 Å². The molecular weight excluding hydrogens is 281 g/mol. The molecule has 112 valence electrons. The number of aryl methyl sites for hydroxylation is 1. The zero-order chi connectivity index (χ0) is 15.9. The molecule has 0 saturated heterocycles. The summed E-state index contributed by atoms with van der Waals surface area (Å²) >= 11 is 0. The standard InChI is InChI=1S/C18H16FNO2/c1-11-12(2)20(10-13-3-6-15(19)7-4-13)17-8-5-14(18(21)22)9-16(11)17/h3-9H,10H2,1-2H3,(H,21,22). The molecule has 0 radical (unpaired) electrons. The van der Waals surface area contributed by atoms with Crippen LogP contribution in [-0.4, -0.2) is 15.6 Å². The molecule has 1 heterocycles. The number of aromatic carboxylic acids is 1. The fourth-order valence-corrected chi connectivity index (χ4v) is 2.76. The Morgan fingerprint density at radius 2 is 1.82 bits per heavy atom. The molecule has 3 nitrogen and oxygen atoms in total. The SMILES string of the molecule is Cc1c(C)n(Cc2ccc(F)cc2)c2ccc(C(=O)O)cc12. The monoisotopic (exact) mass is 297 g/mol. The molecule has 4 heteroatoms. The summed E-state index contributed by atoms with van der Waals surface area (Å²) < 4.78 is 15.1. The van der Waals surface area contributed by atoms with Crippen molar-refractivity contribution in [1.82, 2.24) is 4.57 Å². The minimum atomic E-state index is -0.926. The summed E-state index contributed by atoms with van der Waals surface area (Å²) in [4.78, 5) is 11.1. The number of aromatic nitrogens is 1. The van der Waals surface area contributed by atoms with E-state index in [9.17, 15) is 9.18 Å². The molecule has 0 atom stereocenters. The fraction of sp³-hybridized carbons (Fsp3) is 0.167. The van der Waals surface area contributed by atoms with Gasteiger partial charge in [0.05, 0.1) is 5.56 Å². The van der Waals surface area contributed by atoms with E-state index in [0.29, 0.717) is 6.54 Å². The molecule has 0 spiro atoms. The van der Waals surface area contributed by atoms with Crippen LogP contribution in [0.5, 0.6) is 0 Å². The van der Waals surface area contributed by atoms with Gasteiger partial charge in [-0.1, -0.05) is 12.1 Å². The van der Waals surface area contributed by atoms with Crippen LogP contribution in [0.15, 0.2) is 42.5 Å². The van der Waals surface area contributed by atoms with Crippen molar-refractivity contribution in [2.24, 2.45) is 0 Å². The first-order valence-corrected chi connectivity index (χ1v) is 7.04. The van der Waals surface area contributed by atoms with E-state index in [1.165, 1.54) is 12.1 Å². The number of carboxylic acid groups (broad SMARTS) is 1. The highest BCUT2D eigenvalue weighted by Crippen LogP contribution is 2.27. The molecule has 3 rings (SSSR count). The van der Waals surface area contributed by atoms with Crippen LogP contribution in [0.4, 0.5) is 4.39 Å². The van der Waals surface area contributed by atoms with Crippen molar-refractivity contribution >= 4 is 16.9 Å². The number of carbonyl (C=O) groups is 1. The van der Waals surface area contributed by atoms with Gasteiger partial charge in [0.25, 0.3) is 0 Å². The Hall–Kier alpha value is -2.62. The molecule has 0 aliphatic rings. The van der Waals surface area contributed by atoms with E-state index < -0.39 is 5.97 Å². The van der Waals surface area contributed by atoms with Crippen LogP contribution in [0.25, 0.3) is 10.9 Å². The van der Waals surface area contributed by atoms with Gasteiger partial charge in [0.2, 0.25) is 0 Å². The lowest BCUT2D eigenvalue weighted by atomic mass is 10.1. The smallest absolute Gasteiger partial charge is 0.335 e. The van der Waals surface area contributed by atoms with Crippen LogP contribution in [0.1, 0.15) is 27.2 Å². The zero-order valence-corrected chi connectivity index (χ0v) is 12.4. The zero-order valence-electron chi connectivity index (χ0n) is 12.4. The maximum atomic E-state index is 13.0. The maximum absolute atomic E-state index is 13.0. The summed E-state index contributed by atoms with van der Waals surface area (Å²) in [5, 5.41) is 10.1. The number of hydrogen-bond donors (Lipinski definition) is 1. The largest absolute Gasteiger partial charge is 0.478 e. The topological polar surface area (TPSA) is 42.2 Å². The van der Waals surface area contributed by atoms with Crippen LogP contribution in [0.2, 0.25) is 0 Å². The summed E-state index contributed by atoms with van der Waals surface area (Å²) in [7, 11) is 0. The van der Waals surface area contributed by atoms with Gasteiger partial charge >= 0.3 is 5.97 Å². The molecular formula is C18H16FNO2. The minimum Gasteiger partial charge on any atom is -0.478 e. The molecule has 0 aliphatic heterocycles. The van der Waals surface area contributed by atoms with E-state index in [4.69, 9.17) is 5.11 Å². The van der Waals surface area contributed by atoms with Crippen molar-refractivity contribution in [3.05, 3.63) is 70.7 Å². The van der Waals surface area contributed by atoms with Gasteiger partial charge in [0, 0.05) is 23.1 Å². The highest BCUT2D eigenvalue weighted by atomic mass is 19.1. The lowest BCUT2D eigenvalue weighted by molar-refractivity contribution is 0.0697. The summed E-state index contributed by atoms with van der Waals surface area (Å²) in [5.74, 6) is -1.18. The Morgan fingerprint density at radius 1 is 1.14 bits per heavy atom. The second kappa shape index (κ2) is 5.30. The molecule has 1 N–H and O–H groups in total. The lowest BCUT2D eigenvalue weighted by Gasteiger charge is -2.09. The van der Waals surface area contributed by atoms with Gasteiger partial charge in [-0.2, -0.15) is 0 Å². The van der Waals surface area contributed by atoms with E-state index in [-0.39, 0.29) is 11.4 Å². The summed E-state index contributed by atoms with van der Waals surface area (Å²) in [5.41, 5.74) is 4.43. The van der Waals surface area contributed by atoms with Crippen LogP contribution >= 0.6 is 0 Å². The van der Waals surface area contributed by atoms with Crippen molar-refractivity contribution in [2.75, 3.05) is 0 Å². The van der Waals surface area contributed by atoms with Gasteiger partial charge < -0.3 is 9.67 Å². The lowest BCUT2D eigenvalue weighted by Crippen LogP contribution is -2.02. The Bertz CT molecular complexity index is 863. The average Bonchev–Trinajstić information content (AvgIpc) is 2.74. The van der Waals surface area contributed by atoms with Crippen LogP contribution < -0.4 is 0 Å². The van der Waals surface area contributed by atoms with Crippen molar-refractivity contribution < 1.29 is 14.3 Å². The minimum absolute atomic E-state index is 0.250. The number of benzene rings is 2. The van der Waals surface area contributed by atoms with E-state index >= 15 is 0 Å². The number of hydrogen-bond acceptors (Lipinski definition) is 1. The predicted octanol–water partition coefficient (Wildman–Crippen LogP) is 4.14. The third kappa shape index (κ3) is 2.37. The van der Waals surface area contributed by atoms with Gasteiger partial charge in [0.1, 0.15) is 5.82 Å². The van der Waals surface area contributed by atoms with Gasteiger partial charge in [-0.25, -0.2) is 9.18 Å². The number of fused-ring (bicyclic) bond motifs is 1. The third-order valence-electron chi connectivity index (χ3n) is 4.14. The molecule has 0 aliphatic carbocycles. The molecule has 3 aromatic rings. The highest BCUT2D eigenvalue weighted by molar-refractivity contribution is 5.95. The number of nitrogens with zero attached hydrogens (tertiary/aromatic N) is 1. The molecule has 22 heavy (non-hydrogen) atoms. The normalized spacial score (nSPS) is 11.0. The molecule has 0 unspecified atom stereocenters. The van der Waals surface area contributed by atoms with Gasteiger partial charge in [-0.15, -0.1) is 0 Å². The van der Waals surface area contributed by atoms with Crippen molar-refractivity contribution in [2.45, 2.75) is 20.4 Å². The Balaban J connectivity index is 2.11. The molecule has 0 saturated carbocycles. The molecule has 2 aromatic carbocycles. The first-order chi connectivity index (χ1) is 10.5. The number of rotatable bonds is 3. The fourth-order valence-electron chi connectivity index (χ4n) is 2.76. The molecule has 1 aromatic heterocycles. The van der Waals surface area contributed by atoms with E-state index in [1.54, 1.807) is 24.3 Å². The number of carboxylic acids is 1. The molecule has 0 fully saturated rings. The second-order valence-corrected chi connectivity index (χ2v) is 5.46. The van der Waals surface area contributed by atoms with E-state index in [0.717, 1.165) is 27.7 Å². The van der Waals surface area contributed by atoms with Crippen LogP contribution in [-0.2, 0) is 6.54 Å². The highest BCUT2D eigenvalue weighted by Gasteiger charge is 2.13. The van der Waals surface area contributed by atoms with Crippen molar-refractivity contribution in [3.63, 3.8) is 0 Å². The van der Waals surface area contributed by atoms with Crippen LogP contribution in [0, 0.1) is 19.7 Å². The quantitative estimate of drug-likeness (QED) is 0.789. The predicted molar refractivity (Wildman–Crippen MR) is 83.9 cm³/mol. The summed E-state index contributed by atoms with van der Waals surface area (Å²) in [6, 6.07) is 11.6. The third-order valence-corrected chi connectivity index (χ3v) is 4.14. The summed E-state index contributed by atoms with van der Waals surface area (Å²) in [6.45, 7) is 4.63. The number of halogens is 1. The van der Waals surface area contributed by atoms with Crippen molar-refractivity contribution in [3.8, 4) is 0 Å². The summed E-state index contributed by atoms with van der Waals surface area (Å²) in [6.07, 6.45) is 0. The maximum Gasteiger partial charge on any atom is 0.335 e. The first-order valence-electron chi connectivity index (χ1n) is 7.04. The van der Waals surface area contributed by atoms with Gasteiger partial charge in [0.15, 0.2) is 0 Å². The second-order valence-electron chi connectivity index (χ2n) is 5.46. The van der Waals surface area contributed by atoms with Crippen LogP contribution in [0.3, 0.4) is 0 Å². The first kappa shape index (κ1) is 14.3. The Labute approximate surface area is 127 Å². The molecule has 0 bridgehead atoms. The Morgan fingerprint density at radius 3 is 2.45 bits per heavy atom. The Kier molecular flexibility index (Phi) is 3.45. The average molecular weight is 297 g/mol. The van der Waals surface area contributed by atoms with Gasteiger partial charge in [-0.3, -0.25) is 0 Å². The van der Waals surface area contributed by atoms with E-state index in [2.05, 4.69) is 4.57 Å². The van der Waals surface area contributed by atoms with Crippen molar-refractivity contribution in [1.29, 1.82) is 0 Å². The van der Waals surface area contributed by atoms with E-state index in [1.807, 2.05) is 19.9 Å².